The summed E-state index contributed by atoms with van der Waals surface area (Å²) in [5, 5.41) is 13.1. The monoisotopic (exact) mass is 499 g/mol. The van der Waals surface area contributed by atoms with Gasteiger partial charge in [-0.3, -0.25) is 4.79 Å². The molecule has 2 N–H and O–H groups in total. The molecular weight excluding hydrogens is 491 g/mol. The maximum absolute atomic E-state index is 12.2. The SMILES string of the molecule is O=C(Nc1ccccc1Cl)c1cc(I)cc(I)c1O. The van der Waals surface area contributed by atoms with E-state index in [-0.39, 0.29) is 17.2 Å². The maximum Gasteiger partial charge on any atom is 0.259 e. The number of benzene rings is 2. The highest BCUT2D eigenvalue weighted by Gasteiger charge is 2.15. The van der Waals surface area contributed by atoms with Gasteiger partial charge in [0.05, 0.1) is 19.8 Å². The molecule has 0 saturated heterocycles. The smallest absolute Gasteiger partial charge is 0.259 e. The number of halogens is 3. The third-order valence-corrected chi connectivity index (χ3v) is 4.17. The molecule has 0 aliphatic heterocycles. The van der Waals surface area contributed by atoms with Crippen LogP contribution in [0.5, 0.6) is 5.75 Å². The summed E-state index contributed by atoms with van der Waals surface area (Å²) in [6.07, 6.45) is 0. The van der Waals surface area contributed by atoms with E-state index in [0.717, 1.165) is 3.57 Å². The Labute approximate surface area is 142 Å². The first-order valence-electron chi connectivity index (χ1n) is 5.23. The summed E-state index contributed by atoms with van der Waals surface area (Å²) in [6.45, 7) is 0. The largest absolute Gasteiger partial charge is 0.506 e. The van der Waals surface area contributed by atoms with Crippen LogP contribution in [-0.4, -0.2) is 11.0 Å². The summed E-state index contributed by atoms with van der Waals surface area (Å²) in [6, 6.07) is 10.4. The van der Waals surface area contributed by atoms with Crippen molar-refractivity contribution in [1.29, 1.82) is 0 Å². The fraction of sp³-hybridized carbons (Fsp3) is 0. The van der Waals surface area contributed by atoms with Crippen LogP contribution in [-0.2, 0) is 0 Å². The molecule has 19 heavy (non-hydrogen) atoms. The van der Waals surface area contributed by atoms with Crippen molar-refractivity contribution in [2.75, 3.05) is 5.32 Å². The Hall–Kier alpha value is -0.540. The van der Waals surface area contributed by atoms with E-state index in [9.17, 15) is 9.90 Å². The number of para-hydroxylation sites is 1. The minimum atomic E-state index is -0.387. The van der Waals surface area contributed by atoms with Gasteiger partial charge in [0.25, 0.3) is 5.91 Å². The fourth-order valence-electron chi connectivity index (χ4n) is 1.49. The Morgan fingerprint density at radius 3 is 2.58 bits per heavy atom. The van der Waals surface area contributed by atoms with Crippen molar-refractivity contribution < 1.29 is 9.90 Å². The molecule has 2 aromatic rings. The first-order chi connectivity index (χ1) is 8.99. The molecule has 0 saturated carbocycles. The van der Waals surface area contributed by atoms with E-state index in [1.807, 2.05) is 22.6 Å². The Bertz CT molecular complexity index is 647. The summed E-state index contributed by atoms with van der Waals surface area (Å²) >= 11 is 10.1. The number of nitrogens with one attached hydrogen (secondary N) is 1. The molecule has 0 atom stereocenters. The van der Waals surface area contributed by atoms with E-state index in [2.05, 4.69) is 27.9 Å². The third kappa shape index (κ3) is 3.51. The minimum absolute atomic E-state index is 0.0226. The molecule has 0 aliphatic rings. The highest BCUT2D eigenvalue weighted by molar-refractivity contribution is 14.1. The molecular formula is C13H8ClI2NO2. The predicted octanol–water partition coefficient (Wildman–Crippen LogP) is 4.51. The van der Waals surface area contributed by atoms with Crippen LogP contribution in [0.25, 0.3) is 0 Å². The van der Waals surface area contributed by atoms with Crippen LogP contribution >= 0.6 is 56.8 Å². The number of amides is 1. The molecule has 0 heterocycles. The Kier molecular flexibility index (Phi) is 4.91. The van der Waals surface area contributed by atoms with Crippen LogP contribution < -0.4 is 5.32 Å². The van der Waals surface area contributed by atoms with E-state index in [0.29, 0.717) is 14.3 Å². The first kappa shape index (κ1) is 14.9. The van der Waals surface area contributed by atoms with Crippen molar-refractivity contribution in [3.05, 3.63) is 54.1 Å². The summed E-state index contributed by atoms with van der Waals surface area (Å²) in [4.78, 5) is 12.2. The van der Waals surface area contributed by atoms with Gasteiger partial charge in [-0.2, -0.15) is 0 Å². The van der Waals surface area contributed by atoms with Gasteiger partial charge in [0.2, 0.25) is 0 Å². The molecule has 0 bridgehead atoms. The van der Waals surface area contributed by atoms with Crippen LogP contribution in [0, 0.1) is 7.14 Å². The van der Waals surface area contributed by atoms with E-state index >= 15 is 0 Å². The van der Waals surface area contributed by atoms with Gasteiger partial charge in [-0.1, -0.05) is 23.7 Å². The van der Waals surface area contributed by atoms with Gasteiger partial charge in [-0.25, -0.2) is 0 Å². The number of rotatable bonds is 2. The van der Waals surface area contributed by atoms with Gasteiger partial charge in [-0.05, 0) is 69.4 Å². The molecule has 98 valence electrons. The van der Waals surface area contributed by atoms with Crippen LogP contribution in [0.3, 0.4) is 0 Å². The lowest BCUT2D eigenvalue weighted by Crippen LogP contribution is -2.13. The fourth-order valence-corrected chi connectivity index (χ4v) is 3.52. The lowest BCUT2D eigenvalue weighted by atomic mass is 10.2. The molecule has 0 radical (unpaired) electrons. The van der Waals surface area contributed by atoms with E-state index < -0.39 is 0 Å². The van der Waals surface area contributed by atoms with E-state index in [1.165, 1.54) is 0 Å². The Balaban J connectivity index is 2.33. The van der Waals surface area contributed by atoms with E-state index in [1.54, 1.807) is 36.4 Å². The zero-order valence-electron chi connectivity index (χ0n) is 9.45. The van der Waals surface area contributed by atoms with Gasteiger partial charge in [0.1, 0.15) is 5.75 Å². The average Bonchev–Trinajstić information content (AvgIpc) is 2.36. The number of phenols is 1. The average molecular weight is 499 g/mol. The number of anilines is 1. The maximum atomic E-state index is 12.2. The van der Waals surface area contributed by atoms with Crippen LogP contribution in [0.4, 0.5) is 5.69 Å². The zero-order chi connectivity index (χ0) is 14.0. The number of phenolic OH excluding ortho intramolecular Hbond substituents is 1. The highest BCUT2D eigenvalue weighted by atomic mass is 127. The summed E-state index contributed by atoms with van der Waals surface area (Å²) in [5.41, 5.74) is 0.749. The van der Waals surface area contributed by atoms with Crippen molar-refractivity contribution in [1.82, 2.24) is 0 Å². The zero-order valence-corrected chi connectivity index (χ0v) is 14.5. The molecule has 3 nitrogen and oxygen atoms in total. The molecule has 6 heteroatoms. The lowest BCUT2D eigenvalue weighted by Gasteiger charge is -2.09. The number of carbonyl (C=O) groups excluding carboxylic acids is 1. The number of hydrogen-bond acceptors (Lipinski definition) is 2. The summed E-state index contributed by atoms with van der Waals surface area (Å²) < 4.78 is 1.51. The summed E-state index contributed by atoms with van der Waals surface area (Å²) in [7, 11) is 0. The van der Waals surface area contributed by atoms with E-state index in [4.69, 9.17) is 11.6 Å². The van der Waals surface area contributed by atoms with Gasteiger partial charge < -0.3 is 10.4 Å². The second kappa shape index (κ2) is 6.27. The molecule has 0 aromatic heterocycles. The third-order valence-electron chi connectivity index (χ3n) is 2.39. The van der Waals surface area contributed by atoms with Gasteiger partial charge in [0.15, 0.2) is 0 Å². The van der Waals surface area contributed by atoms with Crippen molar-refractivity contribution in [2.24, 2.45) is 0 Å². The predicted molar refractivity (Wildman–Crippen MR) is 92.9 cm³/mol. The topological polar surface area (TPSA) is 49.3 Å². The van der Waals surface area contributed by atoms with Crippen molar-refractivity contribution in [2.45, 2.75) is 0 Å². The van der Waals surface area contributed by atoms with Gasteiger partial charge >= 0.3 is 0 Å². The van der Waals surface area contributed by atoms with Gasteiger partial charge in [0, 0.05) is 3.57 Å². The molecule has 2 aromatic carbocycles. The Morgan fingerprint density at radius 1 is 1.21 bits per heavy atom. The molecule has 0 spiro atoms. The molecule has 1 amide bonds. The quantitative estimate of drug-likeness (QED) is 0.598. The molecule has 2 rings (SSSR count). The van der Waals surface area contributed by atoms with Gasteiger partial charge in [-0.15, -0.1) is 0 Å². The highest BCUT2D eigenvalue weighted by Crippen LogP contribution is 2.28. The normalized spacial score (nSPS) is 10.3. The summed E-state index contributed by atoms with van der Waals surface area (Å²) in [5.74, 6) is -0.410. The van der Waals surface area contributed by atoms with Crippen LogP contribution in [0.1, 0.15) is 10.4 Å². The van der Waals surface area contributed by atoms with Crippen molar-refractivity contribution in [3.8, 4) is 5.75 Å². The van der Waals surface area contributed by atoms with Crippen molar-refractivity contribution >= 4 is 68.4 Å². The molecule has 0 aliphatic carbocycles. The standard InChI is InChI=1S/C13H8ClI2NO2/c14-9-3-1-2-4-11(9)17-13(19)8-5-7(15)6-10(16)12(8)18/h1-6,18H,(H,17,19). The Morgan fingerprint density at radius 2 is 1.89 bits per heavy atom. The first-order valence-corrected chi connectivity index (χ1v) is 7.76. The second-order valence-corrected chi connectivity index (χ2v) is 6.53. The van der Waals surface area contributed by atoms with Crippen LogP contribution in [0.2, 0.25) is 5.02 Å². The van der Waals surface area contributed by atoms with Crippen LogP contribution in [0.15, 0.2) is 36.4 Å². The molecule has 0 unspecified atom stereocenters. The minimum Gasteiger partial charge on any atom is -0.506 e. The number of carbonyl (C=O) groups is 1. The second-order valence-electron chi connectivity index (χ2n) is 3.72. The van der Waals surface area contributed by atoms with Crippen molar-refractivity contribution in [3.63, 3.8) is 0 Å². The lowest BCUT2D eigenvalue weighted by molar-refractivity contribution is 0.102. The number of hydrogen-bond donors (Lipinski definition) is 2. The number of aromatic hydroxyl groups is 1. The molecule has 0 fully saturated rings.